The van der Waals surface area contributed by atoms with Crippen LogP contribution in [-0.2, 0) is 11.3 Å². The van der Waals surface area contributed by atoms with Gasteiger partial charge in [-0.25, -0.2) is 13.2 Å². The number of β-amino-alcohol motifs (C(OH)–C–C–N with tert-alkyl or cyclic N) is 1. The van der Waals surface area contributed by atoms with Gasteiger partial charge in [0.25, 0.3) is 6.43 Å². The Morgan fingerprint density at radius 3 is 2.38 bits per heavy atom. The summed E-state index contributed by atoms with van der Waals surface area (Å²) in [5.41, 5.74) is 0.460. The fourth-order valence-corrected chi connectivity index (χ4v) is 2.86. The zero-order valence-corrected chi connectivity index (χ0v) is 13.7. The van der Waals surface area contributed by atoms with E-state index in [1.165, 1.54) is 6.07 Å². The maximum absolute atomic E-state index is 13.5. The largest absolute Gasteiger partial charge is 0.389 e. The summed E-state index contributed by atoms with van der Waals surface area (Å²) in [4.78, 5) is 3.81. The van der Waals surface area contributed by atoms with Crippen LogP contribution in [0.2, 0.25) is 0 Å². The zero-order chi connectivity index (χ0) is 17.4. The van der Waals surface area contributed by atoms with Crippen molar-refractivity contribution < 1.29 is 23.0 Å². The molecule has 0 saturated carbocycles. The lowest BCUT2D eigenvalue weighted by Crippen LogP contribution is -2.38. The highest BCUT2D eigenvalue weighted by Gasteiger charge is 2.19. The summed E-state index contributed by atoms with van der Waals surface area (Å²) in [5.74, 6) is -0.321. The van der Waals surface area contributed by atoms with Gasteiger partial charge in [-0.15, -0.1) is 0 Å². The maximum atomic E-state index is 13.5. The minimum Gasteiger partial charge on any atom is -0.389 e. The van der Waals surface area contributed by atoms with Gasteiger partial charge < -0.3 is 9.84 Å². The predicted molar refractivity (Wildman–Crippen MR) is 85.6 cm³/mol. The van der Waals surface area contributed by atoms with E-state index >= 15 is 0 Å². The van der Waals surface area contributed by atoms with Crippen molar-refractivity contribution in [3.63, 3.8) is 0 Å². The van der Waals surface area contributed by atoms with Gasteiger partial charge >= 0.3 is 0 Å². The molecule has 1 aliphatic rings. The van der Waals surface area contributed by atoms with Gasteiger partial charge in [-0.2, -0.15) is 0 Å². The minimum atomic E-state index is -2.31. The molecule has 2 rings (SSSR count). The van der Waals surface area contributed by atoms with Crippen molar-refractivity contribution in [2.75, 3.05) is 45.9 Å². The third-order valence-corrected chi connectivity index (χ3v) is 4.07. The summed E-state index contributed by atoms with van der Waals surface area (Å²) in [6, 6.07) is 6.37. The van der Waals surface area contributed by atoms with Crippen molar-refractivity contribution in [1.29, 1.82) is 0 Å². The lowest BCUT2D eigenvalue weighted by atomic mass is 10.2. The SMILES string of the molecule is OC(COCc1ccccc1F)CN1CCCN(CC(F)F)CC1. The van der Waals surface area contributed by atoms with Gasteiger partial charge in [0.1, 0.15) is 5.82 Å². The van der Waals surface area contributed by atoms with E-state index in [9.17, 15) is 18.3 Å². The van der Waals surface area contributed by atoms with Gasteiger partial charge in [0, 0.05) is 25.2 Å². The van der Waals surface area contributed by atoms with Crippen LogP contribution >= 0.6 is 0 Å². The van der Waals surface area contributed by atoms with E-state index in [1.807, 2.05) is 0 Å². The smallest absolute Gasteiger partial charge is 0.251 e. The van der Waals surface area contributed by atoms with Gasteiger partial charge in [-0.3, -0.25) is 9.80 Å². The average Bonchev–Trinajstić information content (AvgIpc) is 2.74. The third kappa shape index (κ3) is 6.76. The van der Waals surface area contributed by atoms with Crippen LogP contribution in [0.1, 0.15) is 12.0 Å². The second-order valence-corrected chi connectivity index (χ2v) is 6.11. The second kappa shape index (κ2) is 9.98. The molecule has 24 heavy (non-hydrogen) atoms. The molecule has 1 unspecified atom stereocenters. The van der Waals surface area contributed by atoms with Crippen LogP contribution in [0.5, 0.6) is 0 Å². The molecule has 0 spiro atoms. The molecule has 1 aromatic rings. The van der Waals surface area contributed by atoms with Crippen molar-refractivity contribution in [2.45, 2.75) is 25.6 Å². The highest BCUT2D eigenvalue weighted by Crippen LogP contribution is 2.09. The molecule has 1 fully saturated rings. The normalized spacial score (nSPS) is 18.7. The van der Waals surface area contributed by atoms with Gasteiger partial charge in [0.05, 0.1) is 25.9 Å². The number of ether oxygens (including phenoxy) is 1. The number of aliphatic hydroxyl groups excluding tert-OH is 1. The van der Waals surface area contributed by atoms with Crippen LogP contribution in [0.15, 0.2) is 24.3 Å². The van der Waals surface area contributed by atoms with Crippen LogP contribution in [0.4, 0.5) is 13.2 Å². The topological polar surface area (TPSA) is 35.9 Å². The Labute approximate surface area is 140 Å². The number of rotatable bonds is 8. The highest BCUT2D eigenvalue weighted by atomic mass is 19.3. The van der Waals surface area contributed by atoms with Crippen molar-refractivity contribution in [1.82, 2.24) is 9.80 Å². The molecule has 136 valence electrons. The number of aliphatic hydroxyl groups is 1. The highest BCUT2D eigenvalue weighted by molar-refractivity contribution is 5.16. The monoisotopic (exact) mass is 346 g/mol. The standard InChI is InChI=1S/C17H25F3N2O2/c18-16-5-2-1-4-14(16)12-24-13-15(23)10-21-6-3-7-22(9-8-21)11-17(19)20/h1-2,4-5,15,17,23H,3,6-13H2. The number of benzene rings is 1. The Hall–Kier alpha value is -1.15. The van der Waals surface area contributed by atoms with E-state index in [-0.39, 0.29) is 25.6 Å². The fraction of sp³-hybridized carbons (Fsp3) is 0.647. The van der Waals surface area contributed by atoms with Crippen LogP contribution in [0.3, 0.4) is 0 Å². The molecule has 1 aromatic carbocycles. The zero-order valence-electron chi connectivity index (χ0n) is 13.7. The first-order chi connectivity index (χ1) is 11.5. The first kappa shape index (κ1) is 19.2. The number of halogens is 3. The molecular weight excluding hydrogens is 321 g/mol. The molecule has 0 bridgehead atoms. The molecule has 1 aliphatic heterocycles. The van der Waals surface area contributed by atoms with Gasteiger partial charge in [-0.05, 0) is 25.6 Å². The molecule has 0 aliphatic carbocycles. The summed E-state index contributed by atoms with van der Waals surface area (Å²) >= 11 is 0. The third-order valence-electron chi connectivity index (χ3n) is 4.07. The van der Waals surface area contributed by atoms with Gasteiger partial charge in [0.2, 0.25) is 0 Å². The Morgan fingerprint density at radius 2 is 1.71 bits per heavy atom. The quantitative estimate of drug-likeness (QED) is 0.781. The molecule has 7 heteroatoms. The van der Waals surface area contributed by atoms with E-state index in [0.29, 0.717) is 31.7 Å². The summed E-state index contributed by atoms with van der Waals surface area (Å²) in [7, 11) is 0. The first-order valence-electron chi connectivity index (χ1n) is 8.26. The Balaban J connectivity index is 1.67. The molecule has 1 atom stereocenters. The molecule has 0 aromatic heterocycles. The van der Waals surface area contributed by atoms with Gasteiger partial charge in [0.15, 0.2) is 0 Å². The number of alkyl halides is 2. The average molecular weight is 346 g/mol. The maximum Gasteiger partial charge on any atom is 0.251 e. The summed E-state index contributed by atoms with van der Waals surface area (Å²) in [6.45, 7) is 3.12. The van der Waals surface area contributed by atoms with Gasteiger partial charge in [-0.1, -0.05) is 18.2 Å². The summed E-state index contributed by atoms with van der Waals surface area (Å²) in [5, 5.41) is 10.1. The van der Waals surface area contributed by atoms with Crippen molar-refractivity contribution in [3.8, 4) is 0 Å². The van der Waals surface area contributed by atoms with Crippen molar-refractivity contribution in [3.05, 3.63) is 35.6 Å². The van der Waals surface area contributed by atoms with E-state index in [0.717, 1.165) is 13.0 Å². The second-order valence-electron chi connectivity index (χ2n) is 6.11. The molecular formula is C17H25F3N2O2. The Kier molecular flexibility index (Phi) is 7.98. The van der Waals surface area contributed by atoms with E-state index in [1.54, 1.807) is 23.1 Å². The molecule has 0 amide bonds. The van der Waals surface area contributed by atoms with Crippen LogP contribution in [0.25, 0.3) is 0 Å². The predicted octanol–water partition coefficient (Wildman–Crippen LogP) is 1.98. The molecule has 0 radical (unpaired) electrons. The van der Waals surface area contributed by atoms with Crippen LogP contribution in [0, 0.1) is 5.82 Å². The van der Waals surface area contributed by atoms with E-state index in [2.05, 4.69) is 4.90 Å². The van der Waals surface area contributed by atoms with E-state index in [4.69, 9.17) is 4.74 Å². The van der Waals surface area contributed by atoms with Crippen molar-refractivity contribution >= 4 is 0 Å². The van der Waals surface area contributed by atoms with Crippen LogP contribution in [-0.4, -0.2) is 73.3 Å². The molecule has 4 nitrogen and oxygen atoms in total. The lowest BCUT2D eigenvalue weighted by molar-refractivity contribution is 0.00943. The molecule has 1 N–H and O–H groups in total. The molecule has 1 heterocycles. The number of hydrogen-bond acceptors (Lipinski definition) is 4. The Bertz CT molecular complexity index is 491. The fourth-order valence-electron chi connectivity index (χ4n) is 2.86. The van der Waals surface area contributed by atoms with Crippen LogP contribution < -0.4 is 0 Å². The summed E-state index contributed by atoms with van der Waals surface area (Å²) < 4.78 is 43.7. The number of hydrogen-bond donors (Lipinski definition) is 1. The minimum absolute atomic E-state index is 0.117. The first-order valence-corrected chi connectivity index (χ1v) is 8.26. The molecule has 1 saturated heterocycles. The lowest BCUT2D eigenvalue weighted by Gasteiger charge is -2.24. The summed E-state index contributed by atoms with van der Waals surface area (Å²) in [6.07, 6.45) is -2.19. The van der Waals surface area contributed by atoms with E-state index < -0.39 is 12.5 Å². The number of nitrogens with zero attached hydrogens (tertiary/aromatic N) is 2. The Morgan fingerprint density at radius 1 is 1.04 bits per heavy atom. The van der Waals surface area contributed by atoms with Crippen molar-refractivity contribution in [2.24, 2.45) is 0 Å².